The summed E-state index contributed by atoms with van der Waals surface area (Å²) < 4.78 is 23.7. The highest BCUT2D eigenvalue weighted by atomic mass is 19.1. The number of amides is 1. The summed E-state index contributed by atoms with van der Waals surface area (Å²) in [6.45, 7) is 1.51. The summed E-state index contributed by atoms with van der Waals surface area (Å²) in [4.78, 5) is 21.1. The normalized spacial score (nSPS) is 11.6. The van der Waals surface area contributed by atoms with E-state index in [4.69, 9.17) is 15.2 Å². The molecular formula is C15H13FN2O5. The van der Waals surface area contributed by atoms with Crippen LogP contribution in [-0.2, 0) is 4.79 Å². The molecule has 2 N–H and O–H groups in total. The lowest BCUT2D eigenvalue weighted by molar-refractivity contribution is -0.385. The van der Waals surface area contributed by atoms with E-state index in [-0.39, 0.29) is 5.75 Å². The van der Waals surface area contributed by atoms with Gasteiger partial charge in [0.15, 0.2) is 6.10 Å². The van der Waals surface area contributed by atoms with E-state index in [1.807, 2.05) is 0 Å². The lowest BCUT2D eigenvalue weighted by Crippen LogP contribution is -2.30. The largest absolute Gasteiger partial charge is 0.481 e. The third kappa shape index (κ3) is 4.16. The van der Waals surface area contributed by atoms with E-state index in [0.717, 1.165) is 12.1 Å². The molecule has 0 aliphatic rings. The van der Waals surface area contributed by atoms with Gasteiger partial charge in [-0.1, -0.05) is 0 Å². The predicted octanol–water partition coefficient (Wildman–Crippen LogP) is 2.78. The molecule has 0 spiro atoms. The number of hydrogen-bond acceptors (Lipinski definition) is 5. The number of ether oxygens (including phenoxy) is 2. The van der Waals surface area contributed by atoms with E-state index in [1.54, 1.807) is 0 Å². The van der Waals surface area contributed by atoms with E-state index < -0.39 is 28.4 Å². The molecule has 0 aliphatic heterocycles. The fraction of sp³-hybridized carbons (Fsp3) is 0.133. The quantitative estimate of drug-likeness (QED) is 0.651. The summed E-state index contributed by atoms with van der Waals surface area (Å²) >= 11 is 0. The zero-order valence-corrected chi connectivity index (χ0v) is 12.1. The predicted molar refractivity (Wildman–Crippen MR) is 78.9 cm³/mol. The van der Waals surface area contributed by atoms with Crippen molar-refractivity contribution in [1.82, 2.24) is 0 Å². The molecule has 0 bridgehead atoms. The first-order chi connectivity index (χ1) is 10.9. The molecule has 2 aromatic carbocycles. The lowest BCUT2D eigenvalue weighted by atomic mass is 10.2. The van der Waals surface area contributed by atoms with Gasteiger partial charge in [-0.05, 0) is 43.3 Å². The minimum Gasteiger partial charge on any atom is -0.481 e. The number of nitrogens with zero attached hydrogens (tertiary/aromatic N) is 1. The van der Waals surface area contributed by atoms with Crippen molar-refractivity contribution in [2.24, 2.45) is 5.73 Å². The van der Waals surface area contributed by atoms with Crippen molar-refractivity contribution in [3.63, 3.8) is 0 Å². The maximum Gasteiger partial charge on any atom is 0.314 e. The Kier molecular flexibility index (Phi) is 4.75. The second kappa shape index (κ2) is 6.73. The minimum atomic E-state index is -0.792. The SMILES string of the molecule is CC(Oc1ccc(Oc2ccc(F)cc2[N+](=O)[O-])cc1)C(N)=O. The van der Waals surface area contributed by atoms with Crippen molar-refractivity contribution in [2.45, 2.75) is 13.0 Å². The number of halogens is 1. The first-order valence-electron chi connectivity index (χ1n) is 6.54. The Morgan fingerprint density at radius 2 is 1.83 bits per heavy atom. The van der Waals surface area contributed by atoms with Gasteiger partial charge in [0.05, 0.1) is 11.0 Å². The summed E-state index contributed by atoms with van der Waals surface area (Å²) in [5.74, 6) is -0.743. The van der Waals surface area contributed by atoms with Crippen LogP contribution in [0.5, 0.6) is 17.2 Å². The minimum absolute atomic E-state index is 0.0874. The van der Waals surface area contributed by atoms with Gasteiger partial charge in [-0.15, -0.1) is 0 Å². The molecule has 0 aromatic heterocycles. The number of nitrogens with two attached hydrogens (primary N) is 1. The fourth-order valence-electron chi connectivity index (χ4n) is 1.69. The second-order valence-electron chi connectivity index (χ2n) is 4.61. The highest BCUT2D eigenvalue weighted by Crippen LogP contribution is 2.32. The van der Waals surface area contributed by atoms with E-state index in [9.17, 15) is 19.3 Å². The number of primary amides is 1. The number of carbonyl (C=O) groups is 1. The molecule has 0 saturated heterocycles. The van der Waals surface area contributed by atoms with Gasteiger partial charge in [0, 0.05) is 0 Å². The van der Waals surface area contributed by atoms with Crippen LogP contribution in [0.3, 0.4) is 0 Å². The van der Waals surface area contributed by atoms with Crippen LogP contribution in [-0.4, -0.2) is 16.9 Å². The zero-order chi connectivity index (χ0) is 17.0. The molecule has 7 nitrogen and oxygen atoms in total. The molecular weight excluding hydrogens is 307 g/mol. The number of benzene rings is 2. The molecule has 0 saturated carbocycles. The molecule has 1 amide bonds. The van der Waals surface area contributed by atoms with Gasteiger partial charge in [0.25, 0.3) is 5.91 Å². The molecule has 8 heteroatoms. The summed E-state index contributed by atoms with van der Waals surface area (Å²) in [6, 6.07) is 9.04. The van der Waals surface area contributed by atoms with Crippen LogP contribution in [0.25, 0.3) is 0 Å². The van der Waals surface area contributed by atoms with Gasteiger partial charge in [-0.2, -0.15) is 0 Å². The number of rotatable bonds is 6. The number of hydrogen-bond donors (Lipinski definition) is 1. The highest BCUT2D eigenvalue weighted by Gasteiger charge is 2.17. The molecule has 2 aromatic rings. The van der Waals surface area contributed by atoms with Crippen molar-refractivity contribution in [3.05, 3.63) is 58.4 Å². The standard InChI is InChI=1S/C15H13FN2O5/c1-9(15(17)19)22-11-3-5-12(6-4-11)23-14-7-2-10(16)8-13(14)18(20)21/h2-9H,1H3,(H2,17,19). The van der Waals surface area contributed by atoms with Crippen LogP contribution in [0.1, 0.15) is 6.92 Å². The first kappa shape index (κ1) is 16.2. The topological polar surface area (TPSA) is 105 Å². The molecule has 120 valence electrons. The summed E-state index contributed by atoms with van der Waals surface area (Å²) in [6.07, 6.45) is -0.792. The summed E-state index contributed by atoms with van der Waals surface area (Å²) in [5, 5.41) is 10.9. The first-order valence-corrected chi connectivity index (χ1v) is 6.54. The fourth-order valence-corrected chi connectivity index (χ4v) is 1.69. The van der Waals surface area contributed by atoms with Crippen molar-refractivity contribution in [3.8, 4) is 17.2 Å². The second-order valence-corrected chi connectivity index (χ2v) is 4.61. The lowest BCUT2D eigenvalue weighted by Gasteiger charge is -2.12. The summed E-state index contributed by atoms with van der Waals surface area (Å²) in [7, 11) is 0. The van der Waals surface area contributed by atoms with E-state index in [1.165, 1.54) is 37.3 Å². The number of nitro groups is 1. The van der Waals surface area contributed by atoms with Crippen LogP contribution in [0, 0.1) is 15.9 Å². The molecule has 0 fully saturated rings. The third-order valence-electron chi connectivity index (χ3n) is 2.88. The number of nitro benzene ring substituents is 1. The Bertz CT molecular complexity index is 733. The molecule has 23 heavy (non-hydrogen) atoms. The molecule has 0 radical (unpaired) electrons. The van der Waals surface area contributed by atoms with Crippen molar-refractivity contribution >= 4 is 11.6 Å². The Labute approximate surface area is 130 Å². The van der Waals surface area contributed by atoms with E-state index >= 15 is 0 Å². The van der Waals surface area contributed by atoms with Gasteiger partial charge >= 0.3 is 5.69 Å². The monoisotopic (exact) mass is 320 g/mol. The molecule has 1 unspecified atom stereocenters. The Hall–Kier alpha value is -3.16. The smallest absolute Gasteiger partial charge is 0.314 e. The average molecular weight is 320 g/mol. The van der Waals surface area contributed by atoms with Crippen LogP contribution < -0.4 is 15.2 Å². The van der Waals surface area contributed by atoms with Crippen LogP contribution >= 0.6 is 0 Å². The van der Waals surface area contributed by atoms with Crippen molar-refractivity contribution in [2.75, 3.05) is 0 Å². The molecule has 2 rings (SSSR count). The van der Waals surface area contributed by atoms with Gasteiger partial charge < -0.3 is 15.2 Å². The summed E-state index contributed by atoms with van der Waals surface area (Å²) in [5.41, 5.74) is 4.61. The van der Waals surface area contributed by atoms with Gasteiger partial charge in [-0.3, -0.25) is 14.9 Å². The Morgan fingerprint density at radius 1 is 1.22 bits per heavy atom. The van der Waals surface area contributed by atoms with Crippen molar-refractivity contribution in [1.29, 1.82) is 0 Å². The maximum absolute atomic E-state index is 13.1. The van der Waals surface area contributed by atoms with Gasteiger partial charge in [-0.25, -0.2) is 4.39 Å². The Morgan fingerprint density at radius 3 is 2.39 bits per heavy atom. The average Bonchev–Trinajstić information content (AvgIpc) is 2.50. The van der Waals surface area contributed by atoms with Crippen molar-refractivity contribution < 1.29 is 23.6 Å². The Balaban J connectivity index is 2.15. The van der Waals surface area contributed by atoms with Crippen LogP contribution in [0.4, 0.5) is 10.1 Å². The third-order valence-corrected chi connectivity index (χ3v) is 2.88. The number of carbonyl (C=O) groups excluding carboxylic acids is 1. The van der Waals surface area contributed by atoms with E-state index in [2.05, 4.69) is 0 Å². The maximum atomic E-state index is 13.1. The van der Waals surface area contributed by atoms with Crippen LogP contribution in [0.15, 0.2) is 42.5 Å². The molecule has 1 atom stereocenters. The highest BCUT2D eigenvalue weighted by molar-refractivity contribution is 5.78. The van der Waals surface area contributed by atoms with Crippen LogP contribution in [0.2, 0.25) is 0 Å². The van der Waals surface area contributed by atoms with E-state index in [0.29, 0.717) is 11.5 Å². The van der Waals surface area contributed by atoms with Gasteiger partial charge in [0.1, 0.15) is 17.3 Å². The zero-order valence-electron chi connectivity index (χ0n) is 12.1. The van der Waals surface area contributed by atoms with Gasteiger partial charge in [0.2, 0.25) is 5.75 Å². The molecule has 0 aliphatic carbocycles. The molecule has 0 heterocycles.